The average molecular weight is 437 g/mol. The first-order chi connectivity index (χ1) is 15.3. The first-order valence-electron chi connectivity index (χ1n) is 10.6. The summed E-state index contributed by atoms with van der Waals surface area (Å²) in [6.07, 6.45) is 4.51. The third-order valence-corrected chi connectivity index (χ3v) is 6.53. The molecular formula is C23H24N4O3S. The van der Waals surface area contributed by atoms with Gasteiger partial charge in [-0.05, 0) is 42.7 Å². The monoisotopic (exact) mass is 436 g/mol. The van der Waals surface area contributed by atoms with Crippen LogP contribution in [-0.4, -0.2) is 51.1 Å². The van der Waals surface area contributed by atoms with E-state index in [2.05, 4.69) is 16.3 Å². The van der Waals surface area contributed by atoms with E-state index in [1.807, 2.05) is 51.9 Å². The maximum Gasteiger partial charge on any atom is 0.233 e. The number of nitrogens with zero attached hydrogens (tertiary/aromatic N) is 4. The molecule has 5 rings (SSSR count). The Morgan fingerprint density at radius 1 is 1.06 bits per heavy atom. The molecule has 7 nitrogen and oxygen atoms in total. The number of carbonyl (C=O) groups excluding carboxylic acids is 1. The van der Waals surface area contributed by atoms with Gasteiger partial charge in [0.1, 0.15) is 6.33 Å². The number of para-hydroxylation sites is 1. The van der Waals surface area contributed by atoms with Gasteiger partial charge < -0.3 is 14.4 Å². The fraction of sp³-hybridized carbons (Fsp3) is 0.348. The van der Waals surface area contributed by atoms with E-state index >= 15 is 0 Å². The van der Waals surface area contributed by atoms with Crippen molar-refractivity contribution in [1.82, 2.24) is 19.7 Å². The lowest BCUT2D eigenvalue weighted by molar-refractivity contribution is -0.129. The molecule has 2 aliphatic heterocycles. The summed E-state index contributed by atoms with van der Waals surface area (Å²) in [6.45, 7) is 2.09. The van der Waals surface area contributed by atoms with Crippen molar-refractivity contribution < 1.29 is 14.3 Å². The topological polar surface area (TPSA) is 69.5 Å². The van der Waals surface area contributed by atoms with Crippen molar-refractivity contribution in [3.63, 3.8) is 0 Å². The number of likely N-dealkylation sites (tertiary alicyclic amines) is 1. The predicted molar refractivity (Wildman–Crippen MR) is 118 cm³/mol. The number of rotatable bonds is 5. The van der Waals surface area contributed by atoms with Crippen molar-refractivity contribution >= 4 is 17.7 Å². The molecule has 0 aliphatic carbocycles. The zero-order chi connectivity index (χ0) is 21.0. The predicted octanol–water partition coefficient (Wildman–Crippen LogP) is 3.88. The molecule has 0 saturated carbocycles. The summed E-state index contributed by atoms with van der Waals surface area (Å²) in [4.78, 5) is 15.1. The molecule has 1 aromatic heterocycles. The van der Waals surface area contributed by atoms with Gasteiger partial charge >= 0.3 is 0 Å². The number of thioether (sulfide) groups is 1. The van der Waals surface area contributed by atoms with E-state index in [9.17, 15) is 4.79 Å². The summed E-state index contributed by atoms with van der Waals surface area (Å²) >= 11 is 1.42. The minimum Gasteiger partial charge on any atom is -0.490 e. The molecular weight excluding hydrogens is 412 g/mol. The van der Waals surface area contributed by atoms with Crippen LogP contribution in [0.5, 0.6) is 11.5 Å². The van der Waals surface area contributed by atoms with Gasteiger partial charge in [-0.3, -0.25) is 9.36 Å². The van der Waals surface area contributed by atoms with Gasteiger partial charge in [0.05, 0.1) is 25.0 Å². The van der Waals surface area contributed by atoms with Crippen LogP contribution in [0.15, 0.2) is 60.0 Å². The molecule has 1 saturated heterocycles. The minimum absolute atomic E-state index is 0.0669. The number of aromatic nitrogens is 3. The van der Waals surface area contributed by atoms with Gasteiger partial charge in [0.15, 0.2) is 16.7 Å². The van der Waals surface area contributed by atoms with Gasteiger partial charge in [-0.1, -0.05) is 36.0 Å². The van der Waals surface area contributed by atoms with Gasteiger partial charge in [0, 0.05) is 18.7 Å². The molecule has 2 aromatic carbocycles. The Hall–Kier alpha value is -3.00. The molecule has 0 N–H and O–H groups in total. The Kier molecular flexibility index (Phi) is 5.80. The summed E-state index contributed by atoms with van der Waals surface area (Å²) in [6, 6.07) is 16.0. The van der Waals surface area contributed by atoms with Crippen LogP contribution in [0, 0.1) is 0 Å². The summed E-state index contributed by atoms with van der Waals surface area (Å²) in [7, 11) is 0. The van der Waals surface area contributed by atoms with Crippen molar-refractivity contribution in [2.24, 2.45) is 0 Å². The van der Waals surface area contributed by atoms with Gasteiger partial charge in [-0.25, -0.2) is 0 Å². The third-order valence-electron chi connectivity index (χ3n) is 5.61. The van der Waals surface area contributed by atoms with Crippen LogP contribution < -0.4 is 9.47 Å². The molecule has 0 unspecified atom stereocenters. The van der Waals surface area contributed by atoms with E-state index in [-0.39, 0.29) is 11.9 Å². The second-order valence-corrected chi connectivity index (χ2v) is 8.55. The Labute approximate surface area is 185 Å². The van der Waals surface area contributed by atoms with Crippen molar-refractivity contribution in [1.29, 1.82) is 0 Å². The number of ether oxygens (including phenoxy) is 2. The molecule has 0 radical (unpaired) electrons. The van der Waals surface area contributed by atoms with E-state index in [0.29, 0.717) is 24.1 Å². The van der Waals surface area contributed by atoms with E-state index in [0.717, 1.165) is 48.6 Å². The lowest BCUT2D eigenvalue weighted by Crippen LogP contribution is -2.32. The van der Waals surface area contributed by atoms with Gasteiger partial charge in [-0.15, -0.1) is 10.2 Å². The van der Waals surface area contributed by atoms with Crippen molar-refractivity contribution in [2.75, 3.05) is 25.5 Å². The number of hydrogen-bond donors (Lipinski definition) is 0. The molecule has 1 atom stereocenters. The molecule has 0 bridgehead atoms. The zero-order valence-corrected chi connectivity index (χ0v) is 18.0. The average Bonchev–Trinajstić information content (AvgIpc) is 3.43. The van der Waals surface area contributed by atoms with Crippen LogP contribution in [0.4, 0.5) is 0 Å². The van der Waals surface area contributed by atoms with Gasteiger partial charge in [0.25, 0.3) is 0 Å². The molecule has 3 aromatic rings. The highest BCUT2D eigenvalue weighted by molar-refractivity contribution is 7.99. The van der Waals surface area contributed by atoms with Gasteiger partial charge in [0.2, 0.25) is 5.91 Å². The van der Waals surface area contributed by atoms with Crippen LogP contribution in [0.25, 0.3) is 5.69 Å². The number of amides is 1. The molecule has 8 heteroatoms. The molecule has 3 heterocycles. The van der Waals surface area contributed by atoms with Crippen LogP contribution in [-0.2, 0) is 4.79 Å². The summed E-state index contributed by atoms with van der Waals surface area (Å²) in [5.41, 5.74) is 2.08. The Morgan fingerprint density at radius 3 is 2.77 bits per heavy atom. The third kappa shape index (κ3) is 4.25. The normalized spacial score (nSPS) is 18.1. The number of hydrogen-bond acceptors (Lipinski definition) is 6. The van der Waals surface area contributed by atoms with Crippen molar-refractivity contribution in [3.05, 3.63) is 60.4 Å². The Balaban J connectivity index is 1.28. The first-order valence-corrected chi connectivity index (χ1v) is 11.6. The zero-order valence-electron chi connectivity index (χ0n) is 17.1. The van der Waals surface area contributed by atoms with Crippen molar-refractivity contribution in [3.8, 4) is 17.2 Å². The lowest BCUT2D eigenvalue weighted by atomic mass is 10.0. The van der Waals surface area contributed by atoms with Crippen molar-refractivity contribution in [2.45, 2.75) is 30.5 Å². The maximum atomic E-state index is 13.1. The summed E-state index contributed by atoms with van der Waals surface area (Å²) in [5, 5.41) is 8.94. The molecule has 1 amide bonds. The van der Waals surface area contributed by atoms with Gasteiger partial charge in [-0.2, -0.15) is 0 Å². The number of carbonyl (C=O) groups is 1. The largest absolute Gasteiger partial charge is 0.490 e. The molecule has 0 spiro atoms. The molecule has 31 heavy (non-hydrogen) atoms. The van der Waals surface area contributed by atoms with Crippen LogP contribution in [0.3, 0.4) is 0 Å². The standard InChI is InChI=1S/C23H24N4O3S/c28-22(15-31-23-25-24-16-27(23)18-6-2-1-3-7-18)26-11-4-8-19(26)17-9-10-20-21(14-17)30-13-5-12-29-20/h1-3,6-7,9-10,14,16,19H,4-5,8,11-13,15H2/t19-/m1/s1. The first kappa shape index (κ1) is 19.9. The van der Waals surface area contributed by atoms with E-state index in [1.165, 1.54) is 11.8 Å². The van der Waals surface area contributed by atoms with E-state index in [1.54, 1.807) is 6.33 Å². The minimum atomic E-state index is 0.0669. The number of fused-ring (bicyclic) bond motifs is 1. The quantitative estimate of drug-likeness (QED) is 0.566. The maximum absolute atomic E-state index is 13.1. The summed E-state index contributed by atoms with van der Waals surface area (Å²) < 4.78 is 13.5. The fourth-order valence-corrected chi connectivity index (χ4v) is 4.91. The Morgan fingerprint density at radius 2 is 1.90 bits per heavy atom. The number of benzene rings is 2. The second-order valence-electron chi connectivity index (χ2n) is 7.61. The Bertz CT molecular complexity index is 1060. The fourth-order valence-electron chi connectivity index (χ4n) is 4.10. The van der Waals surface area contributed by atoms with Crippen LogP contribution >= 0.6 is 11.8 Å². The van der Waals surface area contributed by atoms with E-state index < -0.39 is 0 Å². The summed E-state index contributed by atoms with van der Waals surface area (Å²) in [5.74, 6) is 2.00. The lowest BCUT2D eigenvalue weighted by Gasteiger charge is -2.25. The SMILES string of the molecule is O=C(CSc1nncn1-c1ccccc1)N1CCC[C@@H]1c1ccc2c(c1)OCCCO2. The molecule has 2 aliphatic rings. The highest BCUT2D eigenvalue weighted by Gasteiger charge is 2.31. The smallest absolute Gasteiger partial charge is 0.233 e. The highest BCUT2D eigenvalue weighted by Crippen LogP contribution is 2.38. The molecule has 1 fully saturated rings. The van der Waals surface area contributed by atoms with E-state index in [4.69, 9.17) is 9.47 Å². The highest BCUT2D eigenvalue weighted by atomic mass is 32.2. The van der Waals surface area contributed by atoms with Crippen LogP contribution in [0.1, 0.15) is 30.9 Å². The second kappa shape index (κ2) is 9.01. The molecule has 160 valence electrons. The van der Waals surface area contributed by atoms with Crippen LogP contribution in [0.2, 0.25) is 0 Å².